The predicted octanol–water partition coefficient (Wildman–Crippen LogP) is 13.3. The monoisotopic (exact) mass is 703 g/mol. The lowest BCUT2D eigenvalue weighted by Gasteiger charge is -2.21. The molecule has 9 aromatic rings. The molecular weight excluding hydrogens is 667 g/mol. The molecule has 1 aliphatic carbocycles. The van der Waals surface area contributed by atoms with Crippen LogP contribution in [0.1, 0.15) is 25.0 Å². The topological polar surface area (TPSA) is 38.7 Å². The second-order valence-electron chi connectivity index (χ2n) is 14.9. The second-order valence-corrected chi connectivity index (χ2v) is 14.9. The SMILES string of the molecule is CC1(C)c2ccc(-c3ccc(-c4ccc(-c5cc(-c6ccc(-c7ccccn7)cc6)nc(-c6ccccc6)n5)cc4)cc3)cc2-c2c1ccc1ccccc21. The molecule has 0 N–H and O–H groups in total. The highest BCUT2D eigenvalue weighted by Gasteiger charge is 2.36. The van der Waals surface area contributed by atoms with E-state index in [1.807, 2.05) is 42.6 Å². The van der Waals surface area contributed by atoms with E-state index in [2.05, 4.69) is 164 Å². The van der Waals surface area contributed by atoms with Crippen molar-refractivity contribution in [2.75, 3.05) is 0 Å². The predicted molar refractivity (Wildman–Crippen MR) is 228 cm³/mol. The molecule has 0 saturated carbocycles. The first-order valence-corrected chi connectivity index (χ1v) is 18.8. The van der Waals surface area contributed by atoms with Gasteiger partial charge in [-0.15, -0.1) is 0 Å². The molecule has 0 bridgehead atoms. The van der Waals surface area contributed by atoms with Gasteiger partial charge in [-0.2, -0.15) is 0 Å². The molecule has 0 unspecified atom stereocenters. The first-order valence-electron chi connectivity index (χ1n) is 18.8. The van der Waals surface area contributed by atoms with Gasteiger partial charge in [0.15, 0.2) is 5.82 Å². The smallest absolute Gasteiger partial charge is 0.160 e. The fourth-order valence-electron chi connectivity index (χ4n) is 8.20. The number of rotatable bonds is 6. The molecule has 0 aliphatic heterocycles. The number of aromatic nitrogens is 3. The summed E-state index contributed by atoms with van der Waals surface area (Å²) in [6, 6.07) is 64.7. The van der Waals surface area contributed by atoms with Gasteiger partial charge in [0, 0.05) is 33.9 Å². The van der Waals surface area contributed by atoms with Gasteiger partial charge in [-0.05, 0) is 79.5 Å². The van der Waals surface area contributed by atoms with E-state index in [9.17, 15) is 0 Å². The van der Waals surface area contributed by atoms with Crippen LogP contribution in [0.25, 0.3) is 89.3 Å². The number of benzene rings is 7. The van der Waals surface area contributed by atoms with Gasteiger partial charge in [0.05, 0.1) is 17.1 Å². The highest BCUT2D eigenvalue weighted by Crippen LogP contribution is 2.52. The summed E-state index contributed by atoms with van der Waals surface area (Å²) in [5.74, 6) is 0.702. The average molecular weight is 704 g/mol. The summed E-state index contributed by atoms with van der Waals surface area (Å²) in [5, 5.41) is 2.61. The number of hydrogen-bond donors (Lipinski definition) is 0. The fraction of sp³-hybridized carbons (Fsp3) is 0.0577. The highest BCUT2D eigenvalue weighted by molar-refractivity contribution is 6.03. The van der Waals surface area contributed by atoms with Crippen LogP contribution >= 0.6 is 0 Å². The summed E-state index contributed by atoms with van der Waals surface area (Å²) in [6.45, 7) is 4.70. The average Bonchev–Trinajstić information content (AvgIpc) is 3.49. The van der Waals surface area contributed by atoms with E-state index >= 15 is 0 Å². The van der Waals surface area contributed by atoms with Crippen molar-refractivity contribution in [3.63, 3.8) is 0 Å². The zero-order chi connectivity index (χ0) is 36.9. The van der Waals surface area contributed by atoms with Crippen LogP contribution in [-0.4, -0.2) is 15.0 Å². The second kappa shape index (κ2) is 13.2. The maximum absolute atomic E-state index is 5.06. The molecule has 0 amide bonds. The van der Waals surface area contributed by atoms with Crippen LogP contribution in [-0.2, 0) is 5.41 Å². The first kappa shape index (κ1) is 32.7. The van der Waals surface area contributed by atoms with Crippen LogP contribution in [0.4, 0.5) is 0 Å². The third-order valence-electron chi connectivity index (χ3n) is 11.2. The van der Waals surface area contributed by atoms with E-state index in [1.165, 1.54) is 49.7 Å². The van der Waals surface area contributed by atoms with Gasteiger partial charge in [0.25, 0.3) is 0 Å². The zero-order valence-electron chi connectivity index (χ0n) is 30.7. The van der Waals surface area contributed by atoms with Gasteiger partial charge in [0.1, 0.15) is 0 Å². The van der Waals surface area contributed by atoms with Crippen molar-refractivity contribution in [3.8, 4) is 78.5 Å². The van der Waals surface area contributed by atoms with Gasteiger partial charge in [-0.1, -0.05) is 172 Å². The molecule has 55 heavy (non-hydrogen) atoms. The van der Waals surface area contributed by atoms with Crippen LogP contribution in [0.3, 0.4) is 0 Å². The summed E-state index contributed by atoms with van der Waals surface area (Å²) in [4.78, 5) is 14.6. The van der Waals surface area contributed by atoms with Crippen molar-refractivity contribution in [2.24, 2.45) is 0 Å². The highest BCUT2D eigenvalue weighted by atomic mass is 14.9. The Morgan fingerprint density at radius 3 is 1.55 bits per heavy atom. The maximum atomic E-state index is 5.06. The lowest BCUT2D eigenvalue weighted by Crippen LogP contribution is -2.14. The van der Waals surface area contributed by atoms with Crippen LogP contribution in [0.5, 0.6) is 0 Å². The number of hydrogen-bond acceptors (Lipinski definition) is 3. The Kier molecular flexibility index (Phi) is 7.81. The number of fused-ring (bicyclic) bond motifs is 5. The van der Waals surface area contributed by atoms with E-state index in [0.717, 1.165) is 44.9 Å². The quantitative estimate of drug-likeness (QED) is 0.173. The molecule has 3 nitrogen and oxygen atoms in total. The Hall–Kier alpha value is -6.97. The molecule has 2 heterocycles. The van der Waals surface area contributed by atoms with Crippen molar-refractivity contribution in [2.45, 2.75) is 19.3 Å². The van der Waals surface area contributed by atoms with Crippen molar-refractivity contribution >= 4 is 10.8 Å². The van der Waals surface area contributed by atoms with E-state index in [4.69, 9.17) is 9.97 Å². The lowest BCUT2D eigenvalue weighted by atomic mass is 9.82. The van der Waals surface area contributed by atoms with Crippen LogP contribution in [0.15, 0.2) is 188 Å². The molecule has 1 aliphatic rings. The van der Waals surface area contributed by atoms with Crippen molar-refractivity contribution in [1.29, 1.82) is 0 Å². The minimum Gasteiger partial charge on any atom is -0.256 e. The third kappa shape index (κ3) is 5.82. The summed E-state index contributed by atoms with van der Waals surface area (Å²) < 4.78 is 0. The Bertz CT molecular complexity index is 2840. The molecule has 0 spiro atoms. The largest absolute Gasteiger partial charge is 0.256 e. The Morgan fingerprint density at radius 1 is 0.382 bits per heavy atom. The Labute approximate surface area is 321 Å². The fourth-order valence-corrected chi connectivity index (χ4v) is 8.20. The molecule has 2 aromatic heterocycles. The van der Waals surface area contributed by atoms with E-state index < -0.39 is 0 Å². The van der Waals surface area contributed by atoms with Crippen LogP contribution < -0.4 is 0 Å². The standard InChI is InChI=1S/C52H37N3/c1-52(2)45-29-28-42(32-44(45)50-43-13-7-6-10-37(43)27-30-46(50)52)36-17-15-34(16-18-36)35-19-21-39(22-20-35)48-33-49(55-51(54-48)41-11-4-3-5-12-41)40-25-23-38(24-26-40)47-14-8-9-31-53-47/h3-33H,1-2H3. The molecule has 7 aromatic carbocycles. The summed E-state index contributed by atoms with van der Waals surface area (Å²) >= 11 is 0. The van der Waals surface area contributed by atoms with E-state index in [0.29, 0.717) is 5.82 Å². The number of pyridine rings is 1. The summed E-state index contributed by atoms with van der Waals surface area (Å²) in [5.41, 5.74) is 17.1. The molecule has 0 saturated heterocycles. The van der Waals surface area contributed by atoms with Gasteiger partial charge >= 0.3 is 0 Å². The third-order valence-corrected chi connectivity index (χ3v) is 11.2. The maximum Gasteiger partial charge on any atom is 0.160 e. The summed E-state index contributed by atoms with van der Waals surface area (Å²) in [6.07, 6.45) is 1.82. The zero-order valence-corrected chi connectivity index (χ0v) is 30.7. The molecular formula is C52H37N3. The Balaban J connectivity index is 0.953. The first-order chi connectivity index (χ1) is 27.0. The van der Waals surface area contributed by atoms with Gasteiger partial charge in [-0.25, -0.2) is 9.97 Å². The normalized spacial score (nSPS) is 12.7. The minimum atomic E-state index is -0.0359. The van der Waals surface area contributed by atoms with E-state index in [-0.39, 0.29) is 5.41 Å². The Morgan fingerprint density at radius 2 is 0.909 bits per heavy atom. The molecule has 260 valence electrons. The lowest BCUT2D eigenvalue weighted by molar-refractivity contribution is 0.661. The molecule has 0 fully saturated rings. The van der Waals surface area contributed by atoms with Gasteiger partial charge in [-0.3, -0.25) is 4.98 Å². The van der Waals surface area contributed by atoms with Crippen molar-refractivity contribution in [1.82, 2.24) is 15.0 Å². The van der Waals surface area contributed by atoms with E-state index in [1.54, 1.807) is 0 Å². The molecule has 10 rings (SSSR count). The molecule has 3 heteroatoms. The van der Waals surface area contributed by atoms with Crippen LogP contribution in [0.2, 0.25) is 0 Å². The molecule has 0 radical (unpaired) electrons. The van der Waals surface area contributed by atoms with Gasteiger partial charge in [0.2, 0.25) is 0 Å². The van der Waals surface area contributed by atoms with Gasteiger partial charge < -0.3 is 0 Å². The van der Waals surface area contributed by atoms with Crippen molar-refractivity contribution < 1.29 is 0 Å². The summed E-state index contributed by atoms with van der Waals surface area (Å²) in [7, 11) is 0. The minimum absolute atomic E-state index is 0.0359. The van der Waals surface area contributed by atoms with Crippen molar-refractivity contribution in [3.05, 3.63) is 199 Å². The molecule has 0 atom stereocenters. The van der Waals surface area contributed by atoms with Crippen LogP contribution in [0, 0.1) is 0 Å². The number of nitrogens with zero attached hydrogens (tertiary/aromatic N) is 3.